The third-order valence-electron chi connectivity index (χ3n) is 10.8. The molecule has 0 aliphatic carbocycles. The van der Waals surface area contributed by atoms with Crippen LogP contribution in [0.25, 0.3) is 32.7 Å². The number of hydrogen-bond donors (Lipinski definition) is 0. The van der Waals surface area contributed by atoms with Crippen molar-refractivity contribution >= 4 is 81.2 Å². The molecule has 3 aromatic carbocycles. The number of hydrogen-bond acceptors (Lipinski definition) is 0. The average Bonchev–Trinajstić information content (AvgIpc) is 3.63. The van der Waals surface area contributed by atoms with Crippen LogP contribution in [0.3, 0.4) is 0 Å². The van der Waals surface area contributed by atoms with E-state index in [0.717, 1.165) is 0 Å². The summed E-state index contributed by atoms with van der Waals surface area (Å²) in [4.78, 5) is 0. The van der Waals surface area contributed by atoms with Crippen LogP contribution in [0, 0.1) is 20.8 Å². The molecule has 0 aliphatic rings. The Morgan fingerprint density at radius 3 is 0.769 bits per heavy atom. The van der Waals surface area contributed by atoms with Crippen molar-refractivity contribution < 1.29 is 0 Å². The van der Waals surface area contributed by atoms with Gasteiger partial charge in [-0.3, -0.25) is 13.0 Å². The Morgan fingerprint density at radius 2 is 0.558 bits per heavy atom. The fourth-order valence-corrected chi connectivity index (χ4v) is 22.3. The quantitative estimate of drug-likeness (QED) is 0.110. The number of para-hydroxylation sites is 3. The van der Waals surface area contributed by atoms with Crippen molar-refractivity contribution in [2.75, 3.05) is 0 Å². The molecule has 0 N–H and O–H groups in total. The third kappa shape index (κ3) is 6.57. The summed E-state index contributed by atoms with van der Waals surface area (Å²) in [5, 5.41) is 4.23. The lowest BCUT2D eigenvalue weighted by molar-refractivity contribution is 1.01. The fourth-order valence-electron chi connectivity index (χ4n) is 9.08. The van der Waals surface area contributed by atoms with Crippen molar-refractivity contribution in [3.05, 3.63) is 89.5 Å². The predicted molar refractivity (Wildman–Crippen MR) is 244 cm³/mol. The van der Waals surface area contributed by atoms with E-state index < -0.39 is 32.1 Å². The van der Waals surface area contributed by atoms with Gasteiger partial charge in [0.15, 0.2) is 0 Å². The largest absolute Gasteiger partial charge is 0.284 e. The van der Waals surface area contributed by atoms with Crippen LogP contribution in [0.15, 0.2) is 72.8 Å². The van der Waals surface area contributed by atoms with E-state index in [1.807, 2.05) is 0 Å². The molecule has 0 bridgehead atoms. The van der Waals surface area contributed by atoms with Gasteiger partial charge in [0.2, 0.25) is 8.37 Å². The summed E-state index contributed by atoms with van der Waals surface area (Å²) in [6.45, 7) is 37.0. The SMILES string of the molecule is Cc1c(P(C(C)C)C(C)C)n(P(n2c(P(C(C)C)C(C)C)c(C)c3ccccc32)n2c(P(C(C)C)C(C)C)c(C)c3ccccc32)c2ccccc12. The third-order valence-corrected chi connectivity index (χ3v) is 23.4. The van der Waals surface area contributed by atoms with Gasteiger partial charge in [0.25, 0.3) is 0 Å². The maximum absolute atomic E-state index is 2.94. The van der Waals surface area contributed by atoms with E-state index in [2.05, 4.69) is 190 Å². The molecule has 0 saturated heterocycles. The molecule has 0 saturated carbocycles. The lowest BCUT2D eigenvalue weighted by Crippen LogP contribution is -2.33. The minimum Gasteiger partial charge on any atom is -0.284 e. The minimum absolute atomic E-state index is 0.485. The zero-order valence-electron chi connectivity index (χ0n) is 34.5. The van der Waals surface area contributed by atoms with Gasteiger partial charge < -0.3 is 0 Å². The van der Waals surface area contributed by atoms with Crippen molar-refractivity contribution in [2.24, 2.45) is 0 Å². The van der Waals surface area contributed by atoms with E-state index in [1.54, 1.807) is 16.3 Å². The molecule has 0 radical (unpaired) electrons. The van der Waals surface area contributed by atoms with E-state index >= 15 is 0 Å². The summed E-state index contributed by atoms with van der Waals surface area (Å²) in [5.41, 5.74) is 16.7. The van der Waals surface area contributed by atoms with Gasteiger partial charge in [-0.1, -0.05) is 161 Å². The molecule has 0 unspecified atom stereocenters. The fraction of sp³-hybridized carbons (Fsp3) is 0.467. The molecular weight excluding hydrogens is 706 g/mol. The molecule has 0 spiro atoms. The van der Waals surface area contributed by atoms with Gasteiger partial charge in [0.05, 0.1) is 32.9 Å². The highest BCUT2D eigenvalue weighted by atomic mass is 31.2. The second kappa shape index (κ2) is 15.6. The minimum atomic E-state index is -1.19. The first-order valence-electron chi connectivity index (χ1n) is 19.6. The summed E-state index contributed by atoms with van der Waals surface area (Å²) in [6, 6.07) is 28.1. The summed E-state index contributed by atoms with van der Waals surface area (Å²) >= 11 is 0. The zero-order valence-corrected chi connectivity index (χ0v) is 38.1. The zero-order chi connectivity index (χ0) is 37.9. The van der Waals surface area contributed by atoms with Crippen LogP contribution in [-0.2, 0) is 0 Å². The van der Waals surface area contributed by atoms with Crippen molar-refractivity contribution in [1.82, 2.24) is 13.0 Å². The van der Waals surface area contributed by atoms with Gasteiger partial charge in [0, 0.05) is 16.2 Å². The van der Waals surface area contributed by atoms with Crippen LogP contribution in [0.2, 0.25) is 0 Å². The van der Waals surface area contributed by atoms with E-state index in [4.69, 9.17) is 0 Å². The maximum atomic E-state index is 2.94. The van der Waals surface area contributed by atoms with Gasteiger partial charge >= 0.3 is 0 Å². The number of benzene rings is 3. The van der Waals surface area contributed by atoms with Crippen molar-refractivity contribution in [3.63, 3.8) is 0 Å². The Balaban J connectivity index is 1.96. The van der Waals surface area contributed by atoms with Crippen LogP contribution in [0.4, 0.5) is 0 Å². The Hall–Kier alpha value is -2.00. The first-order chi connectivity index (χ1) is 24.6. The second-order valence-electron chi connectivity index (χ2n) is 16.4. The predicted octanol–water partition coefficient (Wildman–Crippen LogP) is 13.4. The molecule has 6 rings (SSSR count). The molecular formula is C45H63N3P4. The molecule has 6 aromatic rings. The smallest absolute Gasteiger partial charge is 0.222 e. The van der Waals surface area contributed by atoms with E-state index in [9.17, 15) is 0 Å². The molecule has 3 nitrogen and oxygen atoms in total. The first-order valence-corrected chi connectivity index (χ1v) is 25.2. The number of aromatic nitrogens is 3. The van der Waals surface area contributed by atoms with Gasteiger partial charge in [0.1, 0.15) is 0 Å². The number of fused-ring (bicyclic) bond motifs is 3. The number of rotatable bonds is 12. The number of nitrogens with zero attached hydrogens (tertiary/aromatic N) is 3. The topological polar surface area (TPSA) is 14.8 Å². The molecule has 0 amide bonds. The molecule has 52 heavy (non-hydrogen) atoms. The normalized spacial score (nSPS) is 13.1. The molecule has 278 valence electrons. The van der Waals surface area contributed by atoms with Crippen molar-refractivity contribution in [2.45, 2.75) is 138 Å². The Kier molecular flexibility index (Phi) is 11.9. The maximum Gasteiger partial charge on any atom is 0.222 e. The average molecular weight is 770 g/mol. The van der Waals surface area contributed by atoms with Gasteiger partial charge in [-0.25, -0.2) is 0 Å². The Bertz CT molecular complexity index is 1920. The van der Waals surface area contributed by atoms with Crippen LogP contribution in [-0.4, -0.2) is 47.0 Å². The first kappa shape index (κ1) is 39.7. The van der Waals surface area contributed by atoms with Crippen molar-refractivity contribution in [1.29, 1.82) is 0 Å². The van der Waals surface area contributed by atoms with E-state index in [-0.39, 0.29) is 0 Å². The number of aryl methyl sites for hydroxylation is 3. The molecule has 0 atom stereocenters. The molecule has 0 fully saturated rings. The summed E-state index contributed by atoms with van der Waals surface area (Å²) < 4.78 is 8.83. The summed E-state index contributed by atoms with van der Waals surface area (Å²) in [7, 11) is -2.65. The molecule has 0 aliphatic heterocycles. The molecule has 3 heterocycles. The monoisotopic (exact) mass is 769 g/mol. The van der Waals surface area contributed by atoms with Crippen LogP contribution >= 0.6 is 32.1 Å². The highest BCUT2D eigenvalue weighted by molar-refractivity contribution is 7.70. The van der Waals surface area contributed by atoms with Crippen LogP contribution < -0.4 is 16.3 Å². The Labute approximate surface area is 320 Å². The van der Waals surface area contributed by atoms with E-state index in [1.165, 1.54) is 49.4 Å². The van der Waals surface area contributed by atoms with Crippen LogP contribution in [0.5, 0.6) is 0 Å². The summed E-state index contributed by atoms with van der Waals surface area (Å²) in [5.74, 6) is 0. The Morgan fingerprint density at radius 1 is 0.346 bits per heavy atom. The van der Waals surface area contributed by atoms with Crippen LogP contribution in [0.1, 0.15) is 99.8 Å². The standard InChI is InChI=1S/C45H63N3P4/c1-28(2)49(29(3)4)43-34(13)37-22-16-19-25-40(37)46(43)52(47-41-26-20-17-23-38(41)35(14)44(47)50(30(5)6)31(7)8)48-42-27-21-18-24-39(42)36(15)45(48)51(32(9)10)33(11)12/h16-33H,1-15H3. The lowest BCUT2D eigenvalue weighted by atomic mass is 10.2. The van der Waals surface area contributed by atoms with E-state index in [0.29, 0.717) is 34.0 Å². The van der Waals surface area contributed by atoms with Crippen molar-refractivity contribution in [3.8, 4) is 0 Å². The van der Waals surface area contributed by atoms with Gasteiger partial charge in [-0.15, -0.1) is 0 Å². The molecule has 7 heteroatoms. The van der Waals surface area contributed by atoms with Gasteiger partial charge in [-0.05, 0) is 89.6 Å². The van der Waals surface area contributed by atoms with Gasteiger partial charge in [-0.2, -0.15) is 0 Å². The second-order valence-corrected chi connectivity index (χ2v) is 28.0. The highest BCUT2D eigenvalue weighted by Gasteiger charge is 2.39. The molecule has 3 aromatic heterocycles. The summed E-state index contributed by atoms with van der Waals surface area (Å²) in [6.07, 6.45) is 0. The highest BCUT2D eigenvalue weighted by Crippen LogP contribution is 2.59. The lowest BCUT2D eigenvalue weighted by Gasteiger charge is -2.38.